The van der Waals surface area contributed by atoms with Crippen molar-refractivity contribution in [2.45, 2.75) is 114 Å². The molecule has 52 heavy (non-hydrogen) atoms. The SMILES string of the molecule is CN(C(=O)C1=CC2OC(C3CC3)(C3CC3)OC2C(OC(=O)c2ccc(I)cc2)C1)C(Cc1ccccc1)C(=O)NC(CO)CCC(=O)OC(C)(C)C. The van der Waals surface area contributed by atoms with Crippen LogP contribution in [-0.2, 0) is 39.8 Å². The van der Waals surface area contributed by atoms with E-state index in [1.165, 1.54) is 4.90 Å². The summed E-state index contributed by atoms with van der Waals surface area (Å²) >= 11 is 2.18. The van der Waals surface area contributed by atoms with E-state index in [9.17, 15) is 24.3 Å². The molecule has 1 heterocycles. The maximum Gasteiger partial charge on any atom is 0.338 e. The van der Waals surface area contributed by atoms with Gasteiger partial charge in [-0.2, -0.15) is 0 Å². The first-order chi connectivity index (χ1) is 24.8. The summed E-state index contributed by atoms with van der Waals surface area (Å²) in [5.41, 5.74) is 0.947. The smallest absolute Gasteiger partial charge is 0.338 e. The molecule has 2 N–H and O–H groups in total. The van der Waals surface area contributed by atoms with Crippen molar-refractivity contribution >= 4 is 46.3 Å². The molecule has 280 valence electrons. The van der Waals surface area contributed by atoms with Gasteiger partial charge in [0.2, 0.25) is 11.8 Å². The van der Waals surface area contributed by atoms with E-state index < -0.39 is 72.1 Å². The number of esters is 2. The largest absolute Gasteiger partial charge is 0.460 e. The molecule has 3 fully saturated rings. The lowest BCUT2D eigenvalue weighted by Crippen LogP contribution is -2.53. The molecule has 12 heteroatoms. The topological polar surface area (TPSA) is 141 Å². The number of nitrogens with one attached hydrogen (secondary N) is 1. The van der Waals surface area contributed by atoms with Crippen molar-refractivity contribution in [3.05, 3.63) is 80.9 Å². The Balaban J connectivity index is 1.23. The number of aliphatic hydroxyl groups is 1. The molecule has 5 atom stereocenters. The summed E-state index contributed by atoms with van der Waals surface area (Å²) in [7, 11) is 1.58. The molecule has 1 saturated heterocycles. The fraction of sp³-hybridized carbons (Fsp3) is 0.550. The number of hydrogen-bond donors (Lipinski definition) is 2. The van der Waals surface area contributed by atoms with Crippen LogP contribution in [0.1, 0.15) is 81.6 Å². The second-order valence-corrected chi connectivity index (χ2v) is 16.7. The second-order valence-electron chi connectivity index (χ2n) is 15.4. The first-order valence-corrected chi connectivity index (χ1v) is 19.3. The molecule has 2 aromatic rings. The summed E-state index contributed by atoms with van der Waals surface area (Å²) in [5, 5.41) is 13.0. The van der Waals surface area contributed by atoms with Gasteiger partial charge in [-0.3, -0.25) is 14.4 Å². The third kappa shape index (κ3) is 9.23. The molecule has 2 amide bonds. The Hall–Kier alpha value is -3.33. The molecule has 5 unspecified atom stereocenters. The van der Waals surface area contributed by atoms with Crippen molar-refractivity contribution in [2.75, 3.05) is 13.7 Å². The number of halogens is 1. The predicted octanol–water partition coefficient (Wildman–Crippen LogP) is 5.12. The van der Waals surface area contributed by atoms with Crippen LogP contribution in [0.25, 0.3) is 0 Å². The van der Waals surface area contributed by atoms with Crippen molar-refractivity contribution in [1.82, 2.24) is 10.2 Å². The van der Waals surface area contributed by atoms with Gasteiger partial charge in [-0.05, 0) is 111 Å². The molecule has 4 aliphatic rings. The van der Waals surface area contributed by atoms with E-state index in [0.717, 1.165) is 34.8 Å². The average Bonchev–Trinajstić information content (AvgIpc) is 4.06. The summed E-state index contributed by atoms with van der Waals surface area (Å²) in [6.45, 7) is 4.93. The summed E-state index contributed by atoms with van der Waals surface area (Å²) in [4.78, 5) is 55.6. The Morgan fingerprint density at radius 1 is 1.00 bits per heavy atom. The van der Waals surface area contributed by atoms with Crippen molar-refractivity contribution in [1.29, 1.82) is 0 Å². The Morgan fingerprint density at radius 2 is 1.65 bits per heavy atom. The standard InChI is InChI=1S/C40H49IN2O9/c1-39(2,3)51-34(45)19-18-30(23-44)42-36(46)31(20-24-8-6-5-7-9-24)43(4)37(47)26-21-32(49-38(48)25-10-16-29(41)17-11-25)35-33(22-26)50-40(52-35,27-12-13-27)28-14-15-28/h5-11,16-17,22,27-28,30-33,35,44H,12-15,18-21,23H2,1-4H3,(H,42,46). The van der Waals surface area contributed by atoms with Crippen LogP contribution >= 0.6 is 22.6 Å². The normalized spacial score (nSPS) is 23.4. The van der Waals surface area contributed by atoms with Gasteiger partial charge in [-0.25, -0.2) is 4.79 Å². The summed E-state index contributed by atoms with van der Waals surface area (Å²) in [6, 6.07) is 14.8. The van der Waals surface area contributed by atoms with Crippen LogP contribution in [0.15, 0.2) is 66.2 Å². The van der Waals surface area contributed by atoms with Gasteiger partial charge < -0.3 is 34.3 Å². The average molecular weight is 829 g/mol. The molecule has 0 aromatic heterocycles. The molecule has 0 radical (unpaired) electrons. The lowest BCUT2D eigenvalue weighted by atomic mass is 9.90. The molecule has 11 nitrogen and oxygen atoms in total. The molecule has 1 aliphatic heterocycles. The summed E-state index contributed by atoms with van der Waals surface area (Å²) in [5.74, 6) is -2.04. The minimum atomic E-state index is -0.963. The van der Waals surface area contributed by atoms with Crippen LogP contribution < -0.4 is 5.32 Å². The Bertz CT molecular complexity index is 1640. The van der Waals surface area contributed by atoms with E-state index in [0.29, 0.717) is 11.1 Å². The fourth-order valence-corrected chi connectivity index (χ4v) is 7.51. The first-order valence-electron chi connectivity index (χ1n) is 18.2. The van der Waals surface area contributed by atoms with Gasteiger partial charge in [0.25, 0.3) is 0 Å². The molecule has 6 rings (SSSR count). The zero-order valence-electron chi connectivity index (χ0n) is 30.2. The van der Waals surface area contributed by atoms with E-state index in [1.54, 1.807) is 46.0 Å². The number of carbonyl (C=O) groups is 4. The van der Waals surface area contributed by atoms with Crippen LogP contribution in [0.5, 0.6) is 0 Å². The molecular formula is C40H49IN2O9. The Labute approximate surface area is 318 Å². The zero-order chi connectivity index (χ0) is 37.2. The quantitative estimate of drug-likeness (QED) is 0.196. The summed E-state index contributed by atoms with van der Waals surface area (Å²) < 4.78 is 26.0. The van der Waals surface area contributed by atoms with Gasteiger partial charge in [-0.15, -0.1) is 0 Å². The number of carbonyl (C=O) groups excluding carboxylic acids is 4. The number of rotatable bonds is 14. The van der Waals surface area contributed by atoms with Gasteiger partial charge in [0.15, 0.2) is 5.79 Å². The van der Waals surface area contributed by atoms with E-state index in [2.05, 4.69) is 27.9 Å². The molecule has 0 bridgehead atoms. The van der Waals surface area contributed by atoms with E-state index in [4.69, 9.17) is 18.9 Å². The molecule has 2 aromatic carbocycles. The highest BCUT2D eigenvalue weighted by Gasteiger charge is 2.64. The maximum atomic E-state index is 14.4. The number of hydrogen-bond acceptors (Lipinski definition) is 9. The summed E-state index contributed by atoms with van der Waals surface area (Å²) in [6.07, 6.45) is 4.29. The fourth-order valence-electron chi connectivity index (χ4n) is 7.15. The number of likely N-dealkylation sites (N-methyl/N-ethyl adjacent to an activating group) is 1. The van der Waals surface area contributed by atoms with Gasteiger partial charge in [0.05, 0.1) is 18.2 Å². The highest BCUT2D eigenvalue weighted by Crippen LogP contribution is 2.59. The van der Waals surface area contributed by atoms with Crippen LogP contribution in [-0.4, -0.2) is 89.2 Å². The van der Waals surface area contributed by atoms with Crippen molar-refractivity contribution in [3.8, 4) is 0 Å². The monoisotopic (exact) mass is 828 g/mol. The number of amides is 2. The Morgan fingerprint density at radius 3 is 2.25 bits per heavy atom. The predicted molar refractivity (Wildman–Crippen MR) is 200 cm³/mol. The van der Waals surface area contributed by atoms with Crippen molar-refractivity contribution in [2.24, 2.45) is 11.8 Å². The minimum Gasteiger partial charge on any atom is -0.460 e. The van der Waals surface area contributed by atoms with E-state index in [-0.39, 0.29) is 37.5 Å². The zero-order valence-corrected chi connectivity index (χ0v) is 32.4. The van der Waals surface area contributed by atoms with Crippen molar-refractivity contribution in [3.63, 3.8) is 0 Å². The minimum absolute atomic E-state index is 0.00391. The van der Waals surface area contributed by atoms with Crippen LogP contribution in [0.2, 0.25) is 0 Å². The second kappa shape index (κ2) is 16.0. The van der Waals surface area contributed by atoms with Gasteiger partial charge in [0, 0.05) is 47.3 Å². The van der Waals surface area contributed by atoms with Crippen LogP contribution in [0.4, 0.5) is 0 Å². The van der Waals surface area contributed by atoms with Crippen molar-refractivity contribution < 1.29 is 43.2 Å². The third-order valence-corrected chi connectivity index (χ3v) is 10.8. The van der Waals surface area contributed by atoms with Gasteiger partial charge in [-0.1, -0.05) is 30.3 Å². The van der Waals surface area contributed by atoms with E-state index >= 15 is 0 Å². The molecular weight excluding hydrogens is 779 g/mol. The maximum absolute atomic E-state index is 14.4. The third-order valence-electron chi connectivity index (χ3n) is 10.1. The number of fused-ring (bicyclic) bond motifs is 1. The number of aliphatic hydroxyl groups excluding tert-OH is 1. The van der Waals surface area contributed by atoms with Gasteiger partial charge >= 0.3 is 11.9 Å². The first kappa shape index (κ1) is 38.4. The lowest BCUT2D eigenvalue weighted by molar-refractivity contribution is -0.209. The molecule has 3 aliphatic carbocycles. The van der Waals surface area contributed by atoms with Crippen LogP contribution in [0.3, 0.4) is 0 Å². The lowest BCUT2D eigenvalue weighted by Gasteiger charge is -2.34. The van der Waals surface area contributed by atoms with Crippen LogP contribution in [0, 0.1) is 15.4 Å². The highest BCUT2D eigenvalue weighted by molar-refractivity contribution is 14.1. The number of benzene rings is 2. The molecule has 0 spiro atoms. The number of ether oxygens (including phenoxy) is 4. The Kier molecular flexibility index (Phi) is 11.8. The number of nitrogens with zero attached hydrogens (tertiary/aromatic N) is 1. The van der Waals surface area contributed by atoms with Gasteiger partial charge in [0.1, 0.15) is 30.0 Å². The molecule has 2 saturated carbocycles. The van der Waals surface area contributed by atoms with E-state index in [1.807, 2.05) is 42.5 Å². The highest BCUT2D eigenvalue weighted by atomic mass is 127.